The number of ether oxygens (including phenoxy) is 1. The number of hydrogen-bond donors (Lipinski definition) is 1. The SMILES string of the molecule is COc1cccc(-c2nc3c(s2)CN(C(=O)NC2CCCCC2)CC3)c1. The van der Waals surface area contributed by atoms with Crippen molar-refractivity contribution >= 4 is 17.4 Å². The predicted molar refractivity (Wildman–Crippen MR) is 104 cm³/mol. The van der Waals surface area contributed by atoms with E-state index in [0.717, 1.165) is 47.8 Å². The van der Waals surface area contributed by atoms with Gasteiger partial charge in [0, 0.05) is 29.4 Å². The fourth-order valence-corrected chi connectivity index (χ4v) is 4.88. The van der Waals surface area contributed by atoms with Crippen molar-refractivity contribution in [2.24, 2.45) is 0 Å². The van der Waals surface area contributed by atoms with Gasteiger partial charge in [0.25, 0.3) is 0 Å². The largest absolute Gasteiger partial charge is 0.497 e. The number of benzene rings is 1. The van der Waals surface area contributed by atoms with Gasteiger partial charge in [-0.15, -0.1) is 11.3 Å². The van der Waals surface area contributed by atoms with Crippen LogP contribution >= 0.6 is 11.3 Å². The highest BCUT2D eigenvalue weighted by Crippen LogP contribution is 2.33. The lowest BCUT2D eigenvalue weighted by molar-refractivity contribution is 0.185. The molecule has 26 heavy (non-hydrogen) atoms. The zero-order valence-corrected chi connectivity index (χ0v) is 16.0. The molecular formula is C20H25N3O2S. The summed E-state index contributed by atoms with van der Waals surface area (Å²) in [7, 11) is 1.68. The summed E-state index contributed by atoms with van der Waals surface area (Å²) < 4.78 is 5.31. The molecule has 0 spiro atoms. The third kappa shape index (κ3) is 3.70. The van der Waals surface area contributed by atoms with E-state index in [4.69, 9.17) is 9.72 Å². The van der Waals surface area contributed by atoms with E-state index in [0.29, 0.717) is 12.6 Å². The Hall–Kier alpha value is -2.08. The number of rotatable bonds is 3. The van der Waals surface area contributed by atoms with Gasteiger partial charge < -0.3 is 15.0 Å². The Labute approximate surface area is 158 Å². The van der Waals surface area contributed by atoms with Gasteiger partial charge in [-0.05, 0) is 25.0 Å². The van der Waals surface area contributed by atoms with Gasteiger partial charge in [0.2, 0.25) is 0 Å². The van der Waals surface area contributed by atoms with Gasteiger partial charge in [-0.25, -0.2) is 9.78 Å². The molecule has 2 heterocycles. The highest BCUT2D eigenvalue weighted by molar-refractivity contribution is 7.15. The summed E-state index contributed by atoms with van der Waals surface area (Å²) in [4.78, 5) is 20.6. The molecule has 0 saturated heterocycles. The summed E-state index contributed by atoms with van der Waals surface area (Å²) in [6, 6.07) is 8.43. The fourth-order valence-electron chi connectivity index (χ4n) is 3.76. The zero-order chi connectivity index (χ0) is 17.9. The van der Waals surface area contributed by atoms with Crippen molar-refractivity contribution in [3.63, 3.8) is 0 Å². The minimum Gasteiger partial charge on any atom is -0.497 e. The highest BCUT2D eigenvalue weighted by Gasteiger charge is 2.26. The van der Waals surface area contributed by atoms with Crippen LogP contribution in [0.25, 0.3) is 10.6 Å². The first-order valence-corrected chi connectivity index (χ1v) is 10.2. The van der Waals surface area contributed by atoms with E-state index in [9.17, 15) is 4.79 Å². The van der Waals surface area contributed by atoms with Gasteiger partial charge in [0.15, 0.2) is 0 Å². The molecule has 0 radical (unpaired) electrons. The average molecular weight is 372 g/mol. The van der Waals surface area contributed by atoms with Gasteiger partial charge in [0.05, 0.1) is 19.3 Å². The van der Waals surface area contributed by atoms with Crippen molar-refractivity contribution in [1.29, 1.82) is 0 Å². The molecule has 1 fully saturated rings. The maximum absolute atomic E-state index is 12.6. The Morgan fingerprint density at radius 3 is 2.96 bits per heavy atom. The van der Waals surface area contributed by atoms with Gasteiger partial charge in [0.1, 0.15) is 10.8 Å². The molecule has 0 unspecified atom stereocenters. The quantitative estimate of drug-likeness (QED) is 0.879. The number of carbonyl (C=O) groups is 1. The monoisotopic (exact) mass is 371 g/mol. The van der Waals surface area contributed by atoms with Crippen LogP contribution < -0.4 is 10.1 Å². The number of nitrogens with zero attached hydrogens (tertiary/aromatic N) is 2. The Morgan fingerprint density at radius 1 is 1.31 bits per heavy atom. The fraction of sp³-hybridized carbons (Fsp3) is 0.500. The molecular weight excluding hydrogens is 346 g/mol. The first-order valence-electron chi connectivity index (χ1n) is 9.41. The molecule has 6 heteroatoms. The standard InChI is InChI=1S/C20H25N3O2S/c1-25-16-9-5-6-14(12-16)19-22-17-10-11-23(13-18(17)26-19)20(24)21-15-7-3-2-4-8-15/h5-6,9,12,15H,2-4,7-8,10-11,13H2,1H3,(H,21,24). The van der Waals surface area contributed by atoms with Crippen LogP contribution in [0.1, 0.15) is 42.7 Å². The Morgan fingerprint density at radius 2 is 2.15 bits per heavy atom. The van der Waals surface area contributed by atoms with Crippen molar-refractivity contribution in [3.05, 3.63) is 34.8 Å². The van der Waals surface area contributed by atoms with Crippen molar-refractivity contribution in [2.45, 2.75) is 51.1 Å². The average Bonchev–Trinajstić information content (AvgIpc) is 3.12. The summed E-state index contributed by atoms with van der Waals surface area (Å²) in [5, 5.41) is 4.23. The zero-order valence-electron chi connectivity index (χ0n) is 15.2. The molecule has 0 bridgehead atoms. The van der Waals surface area contributed by atoms with Crippen LogP contribution in [0, 0.1) is 0 Å². The molecule has 5 nitrogen and oxygen atoms in total. The van der Waals surface area contributed by atoms with Gasteiger partial charge >= 0.3 is 6.03 Å². The Kier molecular flexibility index (Phi) is 5.11. The minimum absolute atomic E-state index is 0.0823. The van der Waals surface area contributed by atoms with Crippen LogP contribution in [-0.2, 0) is 13.0 Å². The summed E-state index contributed by atoms with van der Waals surface area (Å²) in [6.07, 6.45) is 6.82. The first kappa shape index (κ1) is 17.3. The number of amides is 2. The molecule has 2 amide bonds. The lowest BCUT2D eigenvalue weighted by Gasteiger charge is -2.30. The number of fused-ring (bicyclic) bond motifs is 1. The van der Waals surface area contributed by atoms with Crippen molar-refractivity contribution in [1.82, 2.24) is 15.2 Å². The second-order valence-electron chi connectivity index (χ2n) is 7.08. The normalized spacial score (nSPS) is 17.7. The van der Waals surface area contributed by atoms with Gasteiger partial charge in [-0.1, -0.05) is 31.4 Å². The molecule has 1 aliphatic heterocycles. The molecule has 1 aromatic heterocycles. The van der Waals surface area contributed by atoms with Crippen LogP contribution in [0.4, 0.5) is 4.79 Å². The Balaban J connectivity index is 1.45. The highest BCUT2D eigenvalue weighted by atomic mass is 32.1. The molecule has 2 aliphatic rings. The molecule has 1 saturated carbocycles. The predicted octanol–water partition coefficient (Wildman–Crippen LogP) is 4.22. The number of hydrogen-bond acceptors (Lipinski definition) is 4. The Bertz CT molecular complexity index is 783. The van der Waals surface area contributed by atoms with Crippen LogP contribution in [0.15, 0.2) is 24.3 Å². The number of aromatic nitrogens is 1. The molecule has 0 atom stereocenters. The van der Waals surface area contributed by atoms with Crippen LogP contribution in [0.3, 0.4) is 0 Å². The van der Waals surface area contributed by atoms with Crippen LogP contribution in [0.2, 0.25) is 0 Å². The number of urea groups is 1. The summed E-state index contributed by atoms with van der Waals surface area (Å²) >= 11 is 1.69. The number of thiazole rings is 1. The molecule has 2 aromatic rings. The second kappa shape index (κ2) is 7.66. The van der Waals surface area contributed by atoms with Crippen molar-refractivity contribution in [3.8, 4) is 16.3 Å². The maximum Gasteiger partial charge on any atom is 0.317 e. The van der Waals surface area contributed by atoms with E-state index in [1.807, 2.05) is 23.1 Å². The topological polar surface area (TPSA) is 54.5 Å². The van der Waals surface area contributed by atoms with E-state index in [-0.39, 0.29) is 6.03 Å². The molecule has 138 valence electrons. The number of nitrogens with one attached hydrogen (secondary N) is 1. The number of carbonyl (C=O) groups excluding carboxylic acids is 1. The smallest absolute Gasteiger partial charge is 0.317 e. The maximum atomic E-state index is 12.6. The molecule has 1 aliphatic carbocycles. The first-order chi connectivity index (χ1) is 12.7. The third-order valence-electron chi connectivity index (χ3n) is 5.27. The molecule has 1 N–H and O–H groups in total. The molecule has 4 rings (SSSR count). The van der Waals surface area contributed by atoms with Gasteiger partial charge in [-0.2, -0.15) is 0 Å². The molecule has 1 aromatic carbocycles. The van der Waals surface area contributed by atoms with Crippen molar-refractivity contribution < 1.29 is 9.53 Å². The second-order valence-corrected chi connectivity index (χ2v) is 8.16. The third-order valence-corrected chi connectivity index (χ3v) is 6.40. The summed E-state index contributed by atoms with van der Waals surface area (Å²) in [6.45, 7) is 1.41. The van der Waals surface area contributed by atoms with E-state index >= 15 is 0 Å². The van der Waals surface area contributed by atoms with E-state index in [2.05, 4.69) is 11.4 Å². The lowest BCUT2D eigenvalue weighted by Crippen LogP contribution is -2.47. The van der Waals surface area contributed by atoms with E-state index in [1.54, 1.807) is 18.4 Å². The number of methoxy groups -OCH3 is 1. The summed E-state index contributed by atoms with van der Waals surface area (Å²) in [5.74, 6) is 0.837. The van der Waals surface area contributed by atoms with E-state index in [1.165, 1.54) is 24.1 Å². The minimum atomic E-state index is 0.0823. The van der Waals surface area contributed by atoms with Gasteiger partial charge in [-0.3, -0.25) is 0 Å². The summed E-state index contributed by atoms with van der Waals surface area (Å²) in [5.41, 5.74) is 2.21. The van der Waals surface area contributed by atoms with E-state index < -0.39 is 0 Å². The van der Waals surface area contributed by atoms with Crippen LogP contribution in [-0.4, -0.2) is 35.6 Å². The van der Waals surface area contributed by atoms with Crippen molar-refractivity contribution in [2.75, 3.05) is 13.7 Å². The van der Waals surface area contributed by atoms with Crippen LogP contribution in [0.5, 0.6) is 5.75 Å². The lowest BCUT2D eigenvalue weighted by atomic mass is 9.96.